The fraction of sp³-hybridized carbons (Fsp3) is 0.583. The van der Waals surface area contributed by atoms with E-state index in [9.17, 15) is 0 Å². The lowest BCUT2D eigenvalue weighted by Gasteiger charge is -2.20. The molecule has 2 heterocycles. The summed E-state index contributed by atoms with van der Waals surface area (Å²) in [5, 5.41) is 0. The Morgan fingerprint density at radius 3 is 2.87 bits per heavy atom. The molecular formula is C12H19N3. The van der Waals surface area contributed by atoms with E-state index in [0.29, 0.717) is 12.0 Å². The van der Waals surface area contributed by atoms with E-state index in [1.807, 2.05) is 12.1 Å². The van der Waals surface area contributed by atoms with Crippen LogP contribution in [-0.2, 0) is 6.54 Å². The number of aromatic nitrogens is 1. The Balaban J connectivity index is 2.16. The largest absolute Gasteiger partial charge is 0.356 e. The third-order valence-corrected chi connectivity index (χ3v) is 3.00. The molecule has 3 heteroatoms. The summed E-state index contributed by atoms with van der Waals surface area (Å²) in [5.74, 6) is 1.07. The van der Waals surface area contributed by atoms with Crippen LogP contribution in [0.15, 0.2) is 18.2 Å². The third-order valence-electron chi connectivity index (χ3n) is 3.00. The van der Waals surface area contributed by atoms with Crippen molar-refractivity contribution in [3.8, 4) is 0 Å². The Labute approximate surface area is 91.3 Å². The molecule has 0 bridgehead atoms. The van der Waals surface area contributed by atoms with E-state index in [1.54, 1.807) is 0 Å². The normalized spacial score (nSPS) is 19.5. The predicted octanol–water partition coefficient (Wildman–Crippen LogP) is 1.78. The molecule has 1 aromatic heterocycles. The molecule has 1 fully saturated rings. The lowest BCUT2D eigenvalue weighted by molar-refractivity contribution is 0.418. The summed E-state index contributed by atoms with van der Waals surface area (Å²) < 4.78 is 0. The molecule has 15 heavy (non-hydrogen) atoms. The molecule has 1 aliphatic rings. The molecule has 0 aromatic carbocycles. The zero-order valence-corrected chi connectivity index (χ0v) is 9.53. The van der Waals surface area contributed by atoms with E-state index < -0.39 is 0 Å². The van der Waals surface area contributed by atoms with Crippen LogP contribution in [0, 0.1) is 5.41 Å². The Kier molecular flexibility index (Phi) is 2.65. The summed E-state index contributed by atoms with van der Waals surface area (Å²) in [6.45, 7) is 7.33. The zero-order valence-electron chi connectivity index (χ0n) is 9.53. The number of rotatable bonds is 2. The van der Waals surface area contributed by atoms with Crippen LogP contribution in [0.25, 0.3) is 0 Å². The van der Waals surface area contributed by atoms with Crippen LogP contribution in [0.2, 0.25) is 0 Å². The fourth-order valence-corrected chi connectivity index (χ4v) is 2.06. The maximum atomic E-state index is 5.59. The summed E-state index contributed by atoms with van der Waals surface area (Å²) in [6, 6.07) is 6.08. The van der Waals surface area contributed by atoms with Crippen LogP contribution in [0.3, 0.4) is 0 Å². The minimum absolute atomic E-state index is 0.417. The molecule has 1 saturated heterocycles. The van der Waals surface area contributed by atoms with Gasteiger partial charge in [-0.15, -0.1) is 0 Å². The summed E-state index contributed by atoms with van der Waals surface area (Å²) >= 11 is 0. The average molecular weight is 205 g/mol. The van der Waals surface area contributed by atoms with Gasteiger partial charge in [-0.05, 0) is 24.0 Å². The predicted molar refractivity (Wildman–Crippen MR) is 62.7 cm³/mol. The maximum absolute atomic E-state index is 5.59. The Bertz CT molecular complexity index is 346. The molecule has 0 unspecified atom stereocenters. The first-order valence-corrected chi connectivity index (χ1v) is 5.52. The summed E-state index contributed by atoms with van der Waals surface area (Å²) in [5.41, 5.74) is 6.98. The van der Waals surface area contributed by atoms with Crippen molar-refractivity contribution in [2.45, 2.75) is 26.8 Å². The highest BCUT2D eigenvalue weighted by atomic mass is 15.2. The van der Waals surface area contributed by atoms with Crippen molar-refractivity contribution in [2.24, 2.45) is 11.1 Å². The van der Waals surface area contributed by atoms with Gasteiger partial charge < -0.3 is 10.6 Å². The van der Waals surface area contributed by atoms with Crippen molar-refractivity contribution in [2.75, 3.05) is 18.0 Å². The highest BCUT2D eigenvalue weighted by Gasteiger charge is 2.29. The first kappa shape index (κ1) is 10.4. The number of hydrogen-bond acceptors (Lipinski definition) is 3. The zero-order chi connectivity index (χ0) is 10.9. The fourth-order valence-electron chi connectivity index (χ4n) is 2.06. The highest BCUT2D eigenvalue weighted by molar-refractivity contribution is 5.41. The lowest BCUT2D eigenvalue weighted by atomic mass is 9.93. The number of nitrogens with two attached hydrogens (primary N) is 1. The molecule has 1 aliphatic heterocycles. The Morgan fingerprint density at radius 1 is 1.47 bits per heavy atom. The van der Waals surface area contributed by atoms with Crippen molar-refractivity contribution in [1.82, 2.24) is 4.98 Å². The molecule has 0 amide bonds. The van der Waals surface area contributed by atoms with Crippen LogP contribution in [0.4, 0.5) is 5.82 Å². The number of anilines is 1. The Morgan fingerprint density at radius 2 is 2.27 bits per heavy atom. The quantitative estimate of drug-likeness (QED) is 0.800. The van der Waals surface area contributed by atoms with Gasteiger partial charge in [-0.25, -0.2) is 4.98 Å². The van der Waals surface area contributed by atoms with E-state index in [4.69, 9.17) is 5.73 Å². The van der Waals surface area contributed by atoms with Crippen LogP contribution < -0.4 is 10.6 Å². The monoisotopic (exact) mass is 205 g/mol. The summed E-state index contributed by atoms with van der Waals surface area (Å²) in [6.07, 6.45) is 1.24. The molecule has 1 aromatic rings. The second-order valence-electron chi connectivity index (χ2n) is 5.03. The van der Waals surface area contributed by atoms with Crippen LogP contribution in [0.1, 0.15) is 26.0 Å². The van der Waals surface area contributed by atoms with Crippen molar-refractivity contribution in [3.63, 3.8) is 0 Å². The minimum atomic E-state index is 0.417. The van der Waals surface area contributed by atoms with Crippen molar-refractivity contribution in [3.05, 3.63) is 23.9 Å². The van der Waals surface area contributed by atoms with Crippen LogP contribution in [0.5, 0.6) is 0 Å². The van der Waals surface area contributed by atoms with Gasteiger partial charge in [-0.2, -0.15) is 0 Å². The van der Waals surface area contributed by atoms with Crippen LogP contribution >= 0.6 is 0 Å². The molecule has 2 N–H and O–H groups in total. The van der Waals surface area contributed by atoms with Crippen molar-refractivity contribution >= 4 is 5.82 Å². The minimum Gasteiger partial charge on any atom is -0.356 e. The highest BCUT2D eigenvalue weighted by Crippen LogP contribution is 2.31. The molecule has 0 radical (unpaired) electrons. The third kappa shape index (κ3) is 2.29. The van der Waals surface area contributed by atoms with Gasteiger partial charge in [0.05, 0.1) is 5.69 Å². The number of nitrogens with zero attached hydrogens (tertiary/aromatic N) is 2. The molecule has 82 valence electrons. The van der Waals surface area contributed by atoms with Gasteiger partial charge in [0.25, 0.3) is 0 Å². The van der Waals surface area contributed by atoms with Gasteiger partial charge in [0.1, 0.15) is 5.82 Å². The van der Waals surface area contributed by atoms with Crippen LogP contribution in [-0.4, -0.2) is 18.1 Å². The molecule has 0 spiro atoms. The molecule has 2 rings (SSSR count). The average Bonchev–Trinajstić information content (AvgIpc) is 2.59. The van der Waals surface area contributed by atoms with E-state index in [0.717, 1.165) is 24.6 Å². The number of hydrogen-bond donors (Lipinski definition) is 1. The van der Waals surface area contributed by atoms with Gasteiger partial charge in [-0.3, -0.25) is 0 Å². The van der Waals surface area contributed by atoms with Gasteiger partial charge in [0, 0.05) is 19.6 Å². The summed E-state index contributed by atoms with van der Waals surface area (Å²) in [7, 11) is 0. The molecule has 0 atom stereocenters. The second-order valence-corrected chi connectivity index (χ2v) is 5.03. The summed E-state index contributed by atoms with van der Waals surface area (Å²) in [4.78, 5) is 6.89. The SMILES string of the molecule is CC1(C)CCN(c2cccc(CN)n2)C1. The maximum Gasteiger partial charge on any atom is 0.128 e. The Hall–Kier alpha value is -1.09. The number of pyridine rings is 1. The van der Waals surface area contributed by atoms with Gasteiger partial charge in [-0.1, -0.05) is 19.9 Å². The van der Waals surface area contributed by atoms with E-state index in [-0.39, 0.29) is 0 Å². The first-order chi connectivity index (χ1) is 7.11. The smallest absolute Gasteiger partial charge is 0.128 e. The van der Waals surface area contributed by atoms with Gasteiger partial charge >= 0.3 is 0 Å². The lowest BCUT2D eigenvalue weighted by Crippen LogP contribution is -2.23. The van der Waals surface area contributed by atoms with Crippen molar-refractivity contribution in [1.29, 1.82) is 0 Å². The van der Waals surface area contributed by atoms with E-state index in [2.05, 4.69) is 29.8 Å². The first-order valence-electron chi connectivity index (χ1n) is 5.52. The van der Waals surface area contributed by atoms with E-state index >= 15 is 0 Å². The molecule has 3 nitrogen and oxygen atoms in total. The van der Waals surface area contributed by atoms with Gasteiger partial charge in [0.2, 0.25) is 0 Å². The molecular weight excluding hydrogens is 186 g/mol. The van der Waals surface area contributed by atoms with Gasteiger partial charge in [0.15, 0.2) is 0 Å². The molecule has 0 aliphatic carbocycles. The topological polar surface area (TPSA) is 42.1 Å². The van der Waals surface area contributed by atoms with E-state index in [1.165, 1.54) is 6.42 Å². The van der Waals surface area contributed by atoms with Crippen molar-refractivity contribution < 1.29 is 0 Å². The second kappa shape index (κ2) is 3.81. The molecule has 0 saturated carbocycles. The standard InChI is InChI=1S/C12H19N3/c1-12(2)6-7-15(9-12)11-5-3-4-10(8-13)14-11/h3-5H,6-9,13H2,1-2H3.